The Labute approximate surface area is 175 Å². The van der Waals surface area contributed by atoms with E-state index in [1.807, 2.05) is 6.07 Å². The largest absolute Gasteiger partial charge is 0.493 e. The van der Waals surface area contributed by atoms with Crippen molar-refractivity contribution in [2.75, 3.05) is 32.7 Å². The average molecular weight is 418 g/mol. The molecule has 0 bridgehead atoms. The molecule has 0 spiro atoms. The fourth-order valence-electron chi connectivity index (χ4n) is 2.92. The van der Waals surface area contributed by atoms with Crippen LogP contribution in [0.3, 0.4) is 0 Å². The number of nitrogens with one attached hydrogen (secondary N) is 2. The molecule has 0 aromatic heterocycles. The van der Waals surface area contributed by atoms with Crippen molar-refractivity contribution in [1.82, 2.24) is 5.32 Å². The predicted octanol–water partition coefficient (Wildman–Crippen LogP) is 3.73. The van der Waals surface area contributed by atoms with Crippen LogP contribution in [0.5, 0.6) is 11.5 Å². The molecule has 154 valence electrons. The van der Waals surface area contributed by atoms with Gasteiger partial charge in [-0.1, -0.05) is 11.6 Å². The van der Waals surface area contributed by atoms with Crippen LogP contribution in [0.2, 0.25) is 5.02 Å². The van der Waals surface area contributed by atoms with Crippen LogP contribution in [0.4, 0.5) is 5.69 Å². The van der Waals surface area contributed by atoms with Gasteiger partial charge in [-0.25, -0.2) is 4.99 Å². The maximum absolute atomic E-state index is 12.6. The summed E-state index contributed by atoms with van der Waals surface area (Å²) in [4.78, 5) is 17.2. The molecule has 1 heterocycles. The average Bonchev–Trinajstić information content (AvgIpc) is 3.26. The second-order valence-electron chi connectivity index (χ2n) is 6.48. The summed E-state index contributed by atoms with van der Waals surface area (Å²) in [6, 6.07) is 12.0. The van der Waals surface area contributed by atoms with E-state index in [1.54, 1.807) is 50.6 Å². The zero-order valence-electron chi connectivity index (χ0n) is 16.4. The zero-order chi connectivity index (χ0) is 20.6. The summed E-state index contributed by atoms with van der Waals surface area (Å²) in [5.41, 5.74) is 1.18. The van der Waals surface area contributed by atoms with Crippen LogP contribution < -0.4 is 20.1 Å². The Kier molecular flexibility index (Phi) is 7.32. The quantitative estimate of drug-likeness (QED) is 0.552. The number of carbonyl (C=O) groups excluding carboxylic acids is 1. The molecule has 0 radical (unpaired) electrons. The van der Waals surface area contributed by atoms with Gasteiger partial charge < -0.3 is 19.5 Å². The Morgan fingerprint density at radius 1 is 1.17 bits per heavy atom. The minimum Gasteiger partial charge on any atom is -0.493 e. The van der Waals surface area contributed by atoms with Crippen molar-refractivity contribution in [2.24, 2.45) is 4.99 Å². The molecule has 1 aliphatic heterocycles. The monoisotopic (exact) mass is 417 g/mol. The van der Waals surface area contributed by atoms with Crippen LogP contribution in [0.1, 0.15) is 23.2 Å². The molecule has 29 heavy (non-hydrogen) atoms. The number of hydrogen-bond donors (Lipinski definition) is 2. The van der Waals surface area contributed by atoms with Gasteiger partial charge in [-0.3, -0.25) is 10.1 Å². The van der Waals surface area contributed by atoms with Gasteiger partial charge in [0.1, 0.15) is 0 Å². The van der Waals surface area contributed by atoms with E-state index < -0.39 is 0 Å². The summed E-state index contributed by atoms with van der Waals surface area (Å²) in [5.74, 6) is 1.22. The van der Waals surface area contributed by atoms with Gasteiger partial charge in [-0.15, -0.1) is 0 Å². The van der Waals surface area contributed by atoms with Crippen molar-refractivity contribution in [3.05, 3.63) is 53.1 Å². The Balaban J connectivity index is 1.77. The van der Waals surface area contributed by atoms with E-state index in [2.05, 4.69) is 15.6 Å². The first-order valence-electron chi connectivity index (χ1n) is 9.31. The molecule has 7 nitrogen and oxygen atoms in total. The van der Waals surface area contributed by atoms with Gasteiger partial charge >= 0.3 is 0 Å². The number of aliphatic imine (C=N–C) groups is 1. The lowest BCUT2D eigenvalue weighted by Gasteiger charge is -2.15. The summed E-state index contributed by atoms with van der Waals surface area (Å²) < 4.78 is 16.2. The van der Waals surface area contributed by atoms with E-state index in [-0.39, 0.29) is 12.0 Å². The molecular weight excluding hydrogens is 394 g/mol. The molecule has 1 aliphatic rings. The van der Waals surface area contributed by atoms with Gasteiger partial charge in [0.25, 0.3) is 5.91 Å². The smallest absolute Gasteiger partial charge is 0.257 e. The SMILES string of the molecule is COc1ccc(NC(=NCC2CCCO2)NC(=O)c2ccc(Cl)cc2)cc1OC. The fourth-order valence-corrected chi connectivity index (χ4v) is 3.05. The van der Waals surface area contributed by atoms with Crippen molar-refractivity contribution < 1.29 is 19.0 Å². The van der Waals surface area contributed by atoms with Crippen LogP contribution in [0.15, 0.2) is 47.5 Å². The highest BCUT2D eigenvalue weighted by atomic mass is 35.5. The highest BCUT2D eigenvalue weighted by Crippen LogP contribution is 2.29. The Hall–Kier alpha value is -2.77. The third-order valence-electron chi connectivity index (χ3n) is 4.46. The number of benzene rings is 2. The first-order valence-corrected chi connectivity index (χ1v) is 9.69. The number of guanidine groups is 1. The number of nitrogens with zero attached hydrogens (tertiary/aromatic N) is 1. The van der Waals surface area contributed by atoms with Crippen molar-refractivity contribution in [3.8, 4) is 11.5 Å². The van der Waals surface area contributed by atoms with Gasteiger partial charge in [-0.2, -0.15) is 0 Å². The molecule has 1 saturated heterocycles. The molecule has 1 atom stereocenters. The second-order valence-corrected chi connectivity index (χ2v) is 6.92. The molecule has 0 aliphatic carbocycles. The van der Waals surface area contributed by atoms with Crippen LogP contribution in [0, 0.1) is 0 Å². The summed E-state index contributed by atoms with van der Waals surface area (Å²) in [6.45, 7) is 1.20. The maximum Gasteiger partial charge on any atom is 0.257 e. The maximum atomic E-state index is 12.6. The van der Waals surface area contributed by atoms with Crippen molar-refractivity contribution in [2.45, 2.75) is 18.9 Å². The highest BCUT2D eigenvalue weighted by molar-refractivity contribution is 6.30. The Bertz CT molecular complexity index is 865. The molecule has 1 fully saturated rings. The van der Waals surface area contributed by atoms with E-state index in [1.165, 1.54) is 0 Å². The standard InChI is InChI=1S/C21H24ClN3O4/c1-27-18-10-9-16(12-19(18)28-2)24-21(23-13-17-4-3-11-29-17)25-20(26)14-5-7-15(22)8-6-14/h5-10,12,17H,3-4,11,13H2,1-2H3,(H2,23,24,25,26). The first-order chi connectivity index (χ1) is 14.1. The number of methoxy groups -OCH3 is 2. The molecule has 3 rings (SSSR count). The molecule has 2 aromatic rings. The van der Waals surface area contributed by atoms with Gasteiger partial charge in [-0.05, 0) is 49.2 Å². The molecule has 1 unspecified atom stereocenters. The molecule has 1 amide bonds. The zero-order valence-corrected chi connectivity index (χ0v) is 17.2. The van der Waals surface area contributed by atoms with E-state index in [0.29, 0.717) is 40.3 Å². The number of rotatable bonds is 6. The van der Waals surface area contributed by atoms with E-state index in [0.717, 1.165) is 19.4 Å². The van der Waals surface area contributed by atoms with Gasteiger partial charge in [0, 0.05) is 28.9 Å². The topological polar surface area (TPSA) is 81.2 Å². The Morgan fingerprint density at radius 3 is 2.59 bits per heavy atom. The number of carbonyl (C=O) groups is 1. The second kappa shape index (κ2) is 10.1. The number of anilines is 1. The number of halogens is 1. The predicted molar refractivity (Wildman–Crippen MR) is 113 cm³/mol. The lowest BCUT2D eigenvalue weighted by atomic mass is 10.2. The summed E-state index contributed by atoms with van der Waals surface area (Å²) in [7, 11) is 3.14. The minimum atomic E-state index is -0.291. The normalized spacial score (nSPS) is 16.4. The minimum absolute atomic E-state index is 0.0598. The van der Waals surface area contributed by atoms with E-state index in [4.69, 9.17) is 25.8 Å². The number of ether oxygens (including phenoxy) is 3. The van der Waals surface area contributed by atoms with Crippen molar-refractivity contribution in [3.63, 3.8) is 0 Å². The van der Waals surface area contributed by atoms with Crippen molar-refractivity contribution >= 4 is 29.2 Å². The van der Waals surface area contributed by atoms with E-state index >= 15 is 0 Å². The van der Waals surface area contributed by atoms with Gasteiger partial charge in [0.15, 0.2) is 11.5 Å². The Morgan fingerprint density at radius 2 is 1.93 bits per heavy atom. The lowest BCUT2D eigenvalue weighted by molar-refractivity contribution is 0.0975. The fraction of sp³-hybridized carbons (Fsp3) is 0.333. The van der Waals surface area contributed by atoms with Gasteiger partial charge in [0.2, 0.25) is 5.96 Å². The third-order valence-corrected chi connectivity index (χ3v) is 4.71. The molecule has 2 aromatic carbocycles. The highest BCUT2D eigenvalue weighted by Gasteiger charge is 2.16. The molecule has 8 heteroatoms. The number of hydrogen-bond acceptors (Lipinski definition) is 5. The summed E-state index contributed by atoms with van der Waals surface area (Å²) >= 11 is 5.90. The molecular formula is C21H24ClN3O4. The first kappa shape index (κ1) is 21.0. The summed E-state index contributed by atoms with van der Waals surface area (Å²) in [5, 5.41) is 6.53. The van der Waals surface area contributed by atoms with Crippen LogP contribution in [-0.4, -0.2) is 45.3 Å². The summed E-state index contributed by atoms with van der Waals surface area (Å²) in [6.07, 6.45) is 2.04. The van der Waals surface area contributed by atoms with Crippen molar-refractivity contribution in [1.29, 1.82) is 0 Å². The van der Waals surface area contributed by atoms with E-state index in [9.17, 15) is 4.79 Å². The molecule has 0 saturated carbocycles. The van der Waals surface area contributed by atoms with Crippen LogP contribution in [0.25, 0.3) is 0 Å². The van der Waals surface area contributed by atoms with Crippen LogP contribution in [-0.2, 0) is 4.74 Å². The molecule has 2 N–H and O–H groups in total. The third kappa shape index (κ3) is 5.85. The van der Waals surface area contributed by atoms with Crippen LogP contribution >= 0.6 is 11.6 Å². The lowest BCUT2D eigenvalue weighted by Crippen LogP contribution is -2.36. The van der Waals surface area contributed by atoms with Gasteiger partial charge in [0.05, 0.1) is 26.9 Å². The number of amides is 1.